The Bertz CT molecular complexity index is 1020. The van der Waals surface area contributed by atoms with Crippen LogP contribution in [0.3, 0.4) is 0 Å². The first-order valence-electron chi connectivity index (χ1n) is 11.8. The Labute approximate surface area is 193 Å². The van der Waals surface area contributed by atoms with Gasteiger partial charge in [-0.2, -0.15) is 0 Å². The van der Waals surface area contributed by atoms with Crippen molar-refractivity contribution in [2.45, 2.75) is 66.2 Å². The summed E-state index contributed by atoms with van der Waals surface area (Å²) >= 11 is 0. The molecule has 0 aliphatic rings. The van der Waals surface area contributed by atoms with Crippen LogP contribution in [0.1, 0.15) is 62.8 Å². The second-order valence-corrected chi connectivity index (χ2v) is 9.86. The maximum absolute atomic E-state index is 14.7. The fraction of sp³-hybridized carbons (Fsp3) is 0.357. The smallest absolute Gasteiger partial charge is 0.413 e. The van der Waals surface area contributed by atoms with E-state index < -0.39 is 7.60 Å². The van der Waals surface area contributed by atoms with Crippen LogP contribution in [-0.2, 0) is 30.2 Å². The van der Waals surface area contributed by atoms with E-state index in [0.29, 0.717) is 16.8 Å². The number of hydrogen-bond acceptors (Lipinski definition) is 3. The van der Waals surface area contributed by atoms with Gasteiger partial charge in [0, 0.05) is 0 Å². The summed E-state index contributed by atoms with van der Waals surface area (Å²) in [6.45, 7) is 8.47. The van der Waals surface area contributed by atoms with Gasteiger partial charge in [-0.1, -0.05) is 89.1 Å². The third-order valence-corrected chi connectivity index (χ3v) is 7.59. The van der Waals surface area contributed by atoms with Crippen molar-refractivity contribution in [2.75, 3.05) is 0 Å². The van der Waals surface area contributed by atoms with Crippen molar-refractivity contribution in [3.8, 4) is 11.5 Å². The van der Waals surface area contributed by atoms with E-state index in [0.717, 1.165) is 55.2 Å². The topological polar surface area (TPSA) is 35.5 Å². The Hall–Kier alpha value is -2.51. The zero-order valence-corrected chi connectivity index (χ0v) is 20.7. The van der Waals surface area contributed by atoms with Crippen molar-refractivity contribution in [3.05, 3.63) is 89.0 Å². The first-order valence-corrected chi connectivity index (χ1v) is 13.4. The summed E-state index contributed by atoms with van der Waals surface area (Å²) in [4.78, 5) is 0. The average Bonchev–Trinajstić information content (AvgIpc) is 2.81. The minimum atomic E-state index is -3.71. The molecule has 3 nitrogen and oxygen atoms in total. The third-order valence-electron chi connectivity index (χ3n) is 5.71. The van der Waals surface area contributed by atoms with Crippen LogP contribution in [0.4, 0.5) is 0 Å². The van der Waals surface area contributed by atoms with Crippen LogP contribution in [0.5, 0.6) is 11.5 Å². The molecule has 32 heavy (non-hydrogen) atoms. The molecule has 0 atom stereocenters. The molecule has 0 bridgehead atoms. The Morgan fingerprint density at radius 2 is 1.12 bits per heavy atom. The molecular formula is C28H35O3P. The number of benzene rings is 3. The number of rotatable bonds is 11. The zero-order valence-electron chi connectivity index (χ0n) is 19.8. The zero-order chi connectivity index (χ0) is 23.0. The molecule has 0 amide bonds. The molecule has 3 rings (SSSR count). The second-order valence-electron chi connectivity index (χ2n) is 8.02. The highest BCUT2D eigenvalue weighted by atomic mass is 31.2. The highest BCUT2D eigenvalue weighted by Crippen LogP contribution is 2.50. The van der Waals surface area contributed by atoms with E-state index in [-0.39, 0.29) is 0 Å². The molecule has 0 aliphatic carbocycles. The molecule has 170 valence electrons. The molecule has 3 aromatic carbocycles. The van der Waals surface area contributed by atoms with Gasteiger partial charge in [-0.05, 0) is 66.1 Å². The average molecular weight is 451 g/mol. The lowest BCUT2D eigenvalue weighted by Gasteiger charge is -2.25. The summed E-state index contributed by atoms with van der Waals surface area (Å²) in [6.07, 6.45) is 5.36. The van der Waals surface area contributed by atoms with Crippen LogP contribution in [0, 0.1) is 0 Å². The lowest BCUT2D eigenvalue weighted by Crippen LogP contribution is -2.21. The van der Waals surface area contributed by atoms with E-state index >= 15 is 0 Å². The number of para-hydroxylation sites is 2. The Kier molecular flexibility index (Phi) is 8.59. The van der Waals surface area contributed by atoms with Gasteiger partial charge in [0.25, 0.3) is 0 Å². The summed E-state index contributed by atoms with van der Waals surface area (Å²) < 4.78 is 27.4. The SMILES string of the molecule is CCCc1cccc(P(=O)(Oc2ccccc2CC)Oc2ccccc2CC)c1CCC. The van der Waals surface area contributed by atoms with Crippen molar-refractivity contribution < 1.29 is 13.6 Å². The predicted octanol–water partition coefficient (Wildman–Crippen LogP) is 7.69. The van der Waals surface area contributed by atoms with Gasteiger partial charge in [-0.3, -0.25) is 0 Å². The quantitative estimate of drug-likeness (QED) is 0.281. The molecule has 0 aliphatic heterocycles. The standard InChI is InChI=1S/C28H35O3P/c1-5-14-24-18-13-21-28(25(24)15-6-2)32(29,30-26-19-11-9-16-22(26)7-3)31-27-20-12-10-17-23(27)8-4/h9-13,16-21H,5-8,14-15H2,1-4H3. The van der Waals surface area contributed by atoms with Gasteiger partial charge >= 0.3 is 7.60 Å². The fourth-order valence-electron chi connectivity index (χ4n) is 4.07. The van der Waals surface area contributed by atoms with Gasteiger partial charge in [0.1, 0.15) is 11.5 Å². The molecule has 0 aromatic heterocycles. The van der Waals surface area contributed by atoms with Crippen LogP contribution >= 0.6 is 7.60 Å². The number of hydrogen-bond donors (Lipinski definition) is 0. The van der Waals surface area contributed by atoms with E-state index in [1.165, 1.54) is 5.56 Å². The highest BCUT2D eigenvalue weighted by molar-refractivity contribution is 7.63. The third kappa shape index (κ3) is 5.45. The first kappa shape index (κ1) is 24.1. The monoisotopic (exact) mass is 450 g/mol. The molecule has 0 saturated carbocycles. The Balaban J connectivity index is 2.19. The predicted molar refractivity (Wildman–Crippen MR) is 135 cm³/mol. The summed E-state index contributed by atoms with van der Waals surface area (Å²) in [6, 6.07) is 21.6. The molecular weight excluding hydrogens is 415 g/mol. The molecule has 3 aromatic rings. The molecule has 0 unspecified atom stereocenters. The largest absolute Gasteiger partial charge is 0.463 e. The maximum Gasteiger partial charge on any atom is 0.463 e. The van der Waals surface area contributed by atoms with Gasteiger partial charge < -0.3 is 9.05 Å². The van der Waals surface area contributed by atoms with Gasteiger partial charge in [0.05, 0.1) is 5.30 Å². The van der Waals surface area contributed by atoms with Crippen LogP contribution in [0.25, 0.3) is 0 Å². The molecule has 0 N–H and O–H groups in total. The van der Waals surface area contributed by atoms with Crippen molar-refractivity contribution in [3.63, 3.8) is 0 Å². The van der Waals surface area contributed by atoms with Crippen molar-refractivity contribution >= 4 is 12.9 Å². The molecule has 0 radical (unpaired) electrons. The molecule has 4 heteroatoms. The molecule has 0 heterocycles. The van der Waals surface area contributed by atoms with Crippen molar-refractivity contribution in [2.24, 2.45) is 0 Å². The lowest BCUT2D eigenvalue weighted by atomic mass is 10.00. The number of aryl methyl sites for hydroxylation is 3. The summed E-state index contributed by atoms with van der Waals surface area (Å²) in [5.74, 6) is 1.24. The minimum Gasteiger partial charge on any atom is -0.413 e. The van der Waals surface area contributed by atoms with Crippen LogP contribution in [-0.4, -0.2) is 0 Å². The maximum atomic E-state index is 14.7. The highest BCUT2D eigenvalue weighted by Gasteiger charge is 2.35. The van der Waals surface area contributed by atoms with Crippen molar-refractivity contribution in [1.29, 1.82) is 0 Å². The summed E-state index contributed by atoms with van der Waals surface area (Å²) in [5.41, 5.74) is 4.36. The van der Waals surface area contributed by atoms with Gasteiger partial charge in [0.2, 0.25) is 0 Å². The molecule has 0 spiro atoms. The van der Waals surface area contributed by atoms with E-state index in [9.17, 15) is 4.57 Å². The van der Waals surface area contributed by atoms with Gasteiger partial charge in [-0.25, -0.2) is 4.57 Å². The molecule has 0 fully saturated rings. The minimum absolute atomic E-state index is 0.621. The summed E-state index contributed by atoms with van der Waals surface area (Å²) in [7, 11) is -3.71. The molecule has 0 saturated heterocycles. The van der Waals surface area contributed by atoms with Crippen LogP contribution in [0.15, 0.2) is 66.7 Å². The Morgan fingerprint density at radius 3 is 1.62 bits per heavy atom. The van der Waals surface area contributed by atoms with Crippen LogP contribution < -0.4 is 14.4 Å². The first-order chi connectivity index (χ1) is 15.6. The fourth-order valence-corrected chi connectivity index (χ4v) is 6.03. The lowest BCUT2D eigenvalue weighted by molar-refractivity contribution is 0.395. The summed E-state index contributed by atoms with van der Waals surface area (Å²) in [5, 5.41) is 0.683. The van der Waals surface area contributed by atoms with E-state index in [1.807, 2.05) is 60.7 Å². The van der Waals surface area contributed by atoms with Gasteiger partial charge in [-0.15, -0.1) is 0 Å². The van der Waals surface area contributed by atoms with Crippen LogP contribution in [0.2, 0.25) is 0 Å². The van der Waals surface area contributed by atoms with E-state index in [1.54, 1.807) is 0 Å². The normalized spacial score (nSPS) is 11.4. The second kappa shape index (κ2) is 11.4. The van der Waals surface area contributed by atoms with Crippen molar-refractivity contribution in [1.82, 2.24) is 0 Å². The Morgan fingerprint density at radius 1 is 0.625 bits per heavy atom. The van der Waals surface area contributed by atoms with Gasteiger partial charge in [0.15, 0.2) is 0 Å². The van der Waals surface area contributed by atoms with E-state index in [4.69, 9.17) is 9.05 Å². The van der Waals surface area contributed by atoms with E-state index in [2.05, 4.69) is 33.8 Å².